The van der Waals surface area contributed by atoms with Crippen LogP contribution in [0.5, 0.6) is 0 Å². The summed E-state index contributed by atoms with van der Waals surface area (Å²) < 4.78 is 0.659. The molecule has 1 aromatic carbocycles. The molecule has 0 aliphatic carbocycles. The molecule has 3 heteroatoms. The number of aromatic nitrogens is 2. The number of nitrogens with one attached hydrogen (secondary N) is 1. The van der Waals surface area contributed by atoms with E-state index in [9.17, 15) is 0 Å². The number of hydrogen-bond donors (Lipinski definition) is 1. The van der Waals surface area contributed by atoms with E-state index >= 15 is 0 Å². The molecule has 0 radical (unpaired) electrons. The number of rotatable bonds is 4. The highest BCUT2D eigenvalue weighted by Crippen LogP contribution is 2.17. The van der Waals surface area contributed by atoms with Crippen molar-refractivity contribution in [1.29, 1.82) is 0 Å². The van der Waals surface area contributed by atoms with Crippen LogP contribution in [0.4, 0.5) is 0 Å². The number of H-pyrrole nitrogens is 1. The molecule has 0 unspecified atom stereocenters. The van der Waals surface area contributed by atoms with Crippen molar-refractivity contribution in [3.8, 4) is 11.3 Å². The van der Waals surface area contributed by atoms with Gasteiger partial charge in [-0.15, -0.1) is 0 Å². The van der Waals surface area contributed by atoms with Crippen LogP contribution in [-0.2, 0) is 6.42 Å². The predicted molar refractivity (Wildman–Crippen MR) is 78.0 cm³/mol. The van der Waals surface area contributed by atoms with E-state index in [0.717, 1.165) is 29.9 Å². The molecule has 2 rings (SSSR count). The van der Waals surface area contributed by atoms with Gasteiger partial charge in [-0.05, 0) is 24.0 Å². The minimum atomic E-state index is 0.659. The fourth-order valence-electron chi connectivity index (χ4n) is 1.83. The van der Waals surface area contributed by atoms with Crippen LogP contribution in [0.1, 0.15) is 26.1 Å². The summed E-state index contributed by atoms with van der Waals surface area (Å²) in [4.78, 5) is 7.77. The highest BCUT2D eigenvalue weighted by molar-refractivity contribution is 7.71. The second-order valence-corrected chi connectivity index (χ2v) is 5.30. The van der Waals surface area contributed by atoms with Crippen molar-refractivity contribution >= 4 is 12.2 Å². The summed E-state index contributed by atoms with van der Waals surface area (Å²) in [5.41, 5.74) is 2.20. The van der Waals surface area contributed by atoms with Crippen molar-refractivity contribution in [3.63, 3.8) is 0 Å². The van der Waals surface area contributed by atoms with Crippen molar-refractivity contribution in [3.05, 3.63) is 46.9 Å². The van der Waals surface area contributed by atoms with Crippen LogP contribution in [0.2, 0.25) is 0 Å². The van der Waals surface area contributed by atoms with Gasteiger partial charge in [-0.2, -0.15) is 0 Å². The van der Waals surface area contributed by atoms with Gasteiger partial charge in [0.15, 0.2) is 0 Å². The third kappa shape index (κ3) is 3.50. The second-order valence-electron chi connectivity index (χ2n) is 4.88. The first-order chi connectivity index (χ1) is 8.65. The maximum atomic E-state index is 5.24. The van der Waals surface area contributed by atoms with Crippen LogP contribution in [0.15, 0.2) is 36.4 Å². The molecule has 1 N–H and O–H groups in total. The van der Waals surface area contributed by atoms with E-state index in [1.807, 2.05) is 24.3 Å². The monoisotopic (exact) mass is 258 g/mol. The van der Waals surface area contributed by atoms with Crippen LogP contribution in [0.25, 0.3) is 11.3 Å². The lowest BCUT2D eigenvalue weighted by atomic mass is 10.1. The van der Waals surface area contributed by atoms with E-state index in [1.54, 1.807) is 0 Å². The lowest BCUT2D eigenvalue weighted by Crippen LogP contribution is -2.00. The highest BCUT2D eigenvalue weighted by Gasteiger charge is 2.03. The molecule has 0 fully saturated rings. The van der Waals surface area contributed by atoms with Crippen LogP contribution >= 0.6 is 12.2 Å². The normalized spacial score (nSPS) is 10.8. The number of benzene rings is 1. The second kappa shape index (κ2) is 5.91. The SMILES string of the molecule is CC(C)CCc1nc(=S)cc(-c2ccccc2)[nH]1. The van der Waals surface area contributed by atoms with Gasteiger partial charge in [0, 0.05) is 12.1 Å². The van der Waals surface area contributed by atoms with Gasteiger partial charge in [0.25, 0.3) is 0 Å². The fraction of sp³-hybridized carbons (Fsp3) is 0.333. The molecule has 0 aliphatic rings. The molecule has 0 atom stereocenters. The summed E-state index contributed by atoms with van der Waals surface area (Å²) in [7, 11) is 0. The van der Waals surface area contributed by atoms with Gasteiger partial charge in [-0.25, -0.2) is 4.98 Å². The summed E-state index contributed by atoms with van der Waals surface area (Å²) in [6.45, 7) is 4.44. The van der Waals surface area contributed by atoms with Gasteiger partial charge < -0.3 is 4.98 Å². The molecule has 0 amide bonds. The Morgan fingerprint density at radius 3 is 2.61 bits per heavy atom. The Balaban J connectivity index is 2.30. The zero-order chi connectivity index (χ0) is 13.0. The quantitative estimate of drug-likeness (QED) is 0.824. The first-order valence-electron chi connectivity index (χ1n) is 6.31. The maximum Gasteiger partial charge on any atom is 0.130 e. The van der Waals surface area contributed by atoms with Crippen LogP contribution < -0.4 is 0 Å². The van der Waals surface area contributed by atoms with Gasteiger partial charge in [-0.3, -0.25) is 0 Å². The van der Waals surface area contributed by atoms with E-state index < -0.39 is 0 Å². The van der Waals surface area contributed by atoms with Crippen molar-refractivity contribution in [2.75, 3.05) is 0 Å². The zero-order valence-corrected chi connectivity index (χ0v) is 11.6. The minimum absolute atomic E-state index is 0.659. The molecule has 2 aromatic rings. The Hall–Kier alpha value is -1.48. The summed E-state index contributed by atoms with van der Waals surface area (Å²) in [5, 5.41) is 0. The van der Waals surface area contributed by atoms with E-state index in [1.165, 1.54) is 0 Å². The molecule has 0 saturated heterocycles. The average Bonchev–Trinajstić information content (AvgIpc) is 2.37. The van der Waals surface area contributed by atoms with Gasteiger partial charge in [-0.1, -0.05) is 56.4 Å². The Kier molecular flexibility index (Phi) is 4.26. The smallest absolute Gasteiger partial charge is 0.130 e. The molecular formula is C15H18N2S. The molecule has 0 aliphatic heterocycles. The Morgan fingerprint density at radius 2 is 1.94 bits per heavy atom. The summed E-state index contributed by atoms with van der Waals surface area (Å²) in [5.74, 6) is 1.66. The van der Waals surface area contributed by atoms with Crippen molar-refractivity contribution in [1.82, 2.24) is 9.97 Å². The van der Waals surface area contributed by atoms with Gasteiger partial charge in [0.1, 0.15) is 10.5 Å². The van der Waals surface area contributed by atoms with Crippen molar-refractivity contribution in [2.24, 2.45) is 5.92 Å². The fourth-order valence-corrected chi connectivity index (χ4v) is 2.05. The predicted octanol–water partition coefficient (Wildman–Crippen LogP) is 4.39. The third-order valence-electron chi connectivity index (χ3n) is 2.84. The summed E-state index contributed by atoms with van der Waals surface area (Å²) in [6.07, 6.45) is 2.07. The first-order valence-corrected chi connectivity index (χ1v) is 6.71. The Labute approximate surface area is 113 Å². The largest absolute Gasteiger partial charge is 0.343 e. The van der Waals surface area contributed by atoms with Gasteiger partial charge in [0.2, 0.25) is 0 Å². The lowest BCUT2D eigenvalue weighted by Gasteiger charge is -2.07. The molecule has 0 saturated carbocycles. The Morgan fingerprint density at radius 1 is 1.22 bits per heavy atom. The third-order valence-corrected chi connectivity index (χ3v) is 3.04. The number of nitrogens with zero attached hydrogens (tertiary/aromatic N) is 1. The molecule has 94 valence electrons. The summed E-state index contributed by atoms with van der Waals surface area (Å²) >= 11 is 5.24. The summed E-state index contributed by atoms with van der Waals surface area (Å²) in [6, 6.07) is 12.1. The standard InChI is InChI=1S/C15H18N2S/c1-11(2)8-9-14-16-13(10-15(18)17-14)12-6-4-3-5-7-12/h3-7,10-11H,8-9H2,1-2H3,(H,16,17,18). The number of hydrogen-bond acceptors (Lipinski definition) is 2. The van der Waals surface area contributed by atoms with E-state index in [-0.39, 0.29) is 0 Å². The van der Waals surface area contributed by atoms with Crippen LogP contribution in [-0.4, -0.2) is 9.97 Å². The van der Waals surface area contributed by atoms with Gasteiger partial charge in [0.05, 0.1) is 0 Å². The lowest BCUT2D eigenvalue weighted by molar-refractivity contribution is 0.574. The first kappa shape index (κ1) is 13.0. The maximum absolute atomic E-state index is 5.24. The number of aromatic amines is 1. The molecule has 0 bridgehead atoms. The van der Waals surface area contributed by atoms with Crippen molar-refractivity contribution < 1.29 is 0 Å². The molecule has 2 nitrogen and oxygen atoms in total. The average molecular weight is 258 g/mol. The van der Waals surface area contributed by atoms with Gasteiger partial charge >= 0.3 is 0 Å². The van der Waals surface area contributed by atoms with E-state index in [0.29, 0.717) is 10.6 Å². The molecule has 1 heterocycles. The zero-order valence-electron chi connectivity index (χ0n) is 10.8. The Bertz CT molecular complexity index is 558. The molecule has 1 aromatic heterocycles. The van der Waals surface area contributed by atoms with Crippen molar-refractivity contribution in [2.45, 2.75) is 26.7 Å². The topological polar surface area (TPSA) is 28.7 Å². The van der Waals surface area contributed by atoms with Crippen LogP contribution in [0, 0.1) is 10.6 Å². The van der Waals surface area contributed by atoms with E-state index in [2.05, 4.69) is 35.9 Å². The molecule has 18 heavy (non-hydrogen) atoms. The minimum Gasteiger partial charge on any atom is -0.343 e. The van der Waals surface area contributed by atoms with E-state index in [4.69, 9.17) is 12.2 Å². The molecule has 0 spiro atoms. The van der Waals surface area contributed by atoms with Crippen LogP contribution in [0.3, 0.4) is 0 Å². The molecular weight excluding hydrogens is 240 g/mol. The highest BCUT2D eigenvalue weighted by atomic mass is 32.1. The number of aryl methyl sites for hydroxylation is 1.